The summed E-state index contributed by atoms with van der Waals surface area (Å²) in [5.41, 5.74) is -10.6. The Hall–Kier alpha value is -2.17. The summed E-state index contributed by atoms with van der Waals surface area (Å²) in [4.78, 5) is 11.4. The minimum absolute atomic E-state index is 0.288. The van der Waals surface area contributed by atoms with Crippen LogP contribution in [0.5, 0.6) is 0 Å². The number of alkyl halides is 6. The van der Waals surface area contributed by atoms with Gasteiger partial charge in [-0.1, -0.05) is 36.9 Å². The van der Waals surface area contributed by atoms with E-state index in [1.165, 1.54) is 5.56 Å². The van der Waals surface area contributed by atoms with Crippen LogP contribution in [0.1, 0.15) is 32.8 Å². The monoisotopic (exact) mass is 570 g/mol. The van der Waals surface area contributed by atoms with Gasteiger partial charge in [0.15, 0.2) is 20.0 Å². The average Bonchev–Trinajstić information content (AvgIpc) is 2.74. The number of carbonyl (C=O) groups is 1. The average molecular weight is 571 g/mol. The van der Waals surface area contributed by atoms with E-state index in [2.05, 4.69) is 44.7 Å². The Balaban J connectivity index is 0.000000723. The predicted octanol–water partition coefficient (Wildman–Crippen LogP) is 4.61. The van der Waals surface area contributed by atoms with Crippen LogP contribution in [0.25, 0.3) is 4.13 Å². The van der Waals surface area contributed by atoms with Gasteiger partial charge in [-0.05, 0) is 20.8 Å². The maximum Gasteiger partial charge on any atom is 0.480 e. The zero-order valence-electron chi connectivity index (χ0n) is 19.8. The summed E-state index contributed by atoms with van der Waals surface area (Å²) in [6.07, 6.45) is 0.882. The molecule has 0 radical (unpaired) electrons. The number of nitrogens with zero attached hydrogens (tertiary/aromatic N) is 2. The minimum Gasteiger partial charge on any atom is -0.462 e. The number of ether oxygens (including phenoxy) is 1. The quantitative estimate of drug-likeness (QED) is 0.126. The highest BCUT2D eigenvalue weighted by Crippen LogP contribution is 2.36. The van der Waals surface area contributed by atoms with Gasteiger partial charge in [-0.15, -0.1) is 0 Å². The van der Waals surface area contributed by atoms with Crippen LogP contribution < -0.4 is 0 Å². The van der Waals surface area contributed by atoms with E-state index in [-0.39, 0.29) is 5.97 Å². The number of quaternary nitrogens is 1. The molecule has 208 valence electrons. The van der Waals surface area contributed by atoms with E-state index in [1.807, 2.05) is 6.07 Å². The Morgan fingerprint density at radius 3 is 1.75 bits per heavy atom. The fraction of sp³-hybridized carbons (Fsp3) is 0.550. The molecule has 0 heterocycles. The largest absolute Gasteiger partial charge is 0.480 e. The van der Waals surface area contributed by atoms with Gasteiger partial charge in [-0.3, -0.25) is 0 Å². The van der Waals surface area contributed by atoms with Crippen molar-refractivity contribution in [3.8, 4) is 0 Å². The smallest absolute Gasteiger partial charge is 0.462 e. The van der Waals surface area contributed by atoms with Crippen molar-refractivity contribution in [2.24, 2.45) is 0 Å². The van der Waals surface area contributed by atoms with E-state index in [0.29, 0.717) is 12.2 Å². The molecule has 0 spiro atoms. The lowest BCUT2D eigenvalue weighted by Gasteiger charge is -2.37. The van der Waals surface area contributed by atoms with Gasteiger partial charge in [0, 0.05) is 17.6 Å². The molecule has 0 N–H and O–H groups in total. The number of sulfonamides is 2. The molecule has 8 nitrogen and oxygen atoms in total. The summed E-state index contributed by atoms with van der Waals surface area (Å²) in [5, 5.41) is 0. The molecule has 36 heavy (non-hydrogen) atoms. The molecule has 16 heteroatoms. The van der Waals surface area contributed by atoms with Crippen molar-refractivity contribution >= 4 is 26.0 Å². The number of hydrogen-bond donors (Lipinski definition) is 0. The van der Waals surface area contributed by atoms with Crippen molar-refractivity contribution in [3.63, 3.8) is 0 Å². The highest BCUT2D eigenvalue weighted by atomic mass is 32.3. The van der Waals surface area contributed by atoms with Crippen molar-refractivity contribution in [2.45, 2.75) is 44.8 Å². The van der Waals surface area contributed by atoms with E-state index < -0.39 is 31.1 Å². The van der Waals surface area contributed by atoms with Crippen molar-refractivity contribution < 1.29 is 57.2 Å². The highest BCUT2D eigenvalue weighted by molar-refractivity contribution is 8.13. The molecule has 0 aliphatic carbocycles. The molecule has 0 fully saturated rings. The number of halogens is 6. The first kappa shape index (κ1) is 33.8. The molecule has 0 bridgehead atoms. The predicted molar refractivity (Wildman–Crippen MR) is 120 cm³/mol. The topological polar surface area (TPSA) is 109 Å². The van der Waals surface area contributed by atoms with Crippen LogP contribution in [-0.2, 0) is 36.1 Å². The van der Waals surface area contributed by atoms with Gasteiger partial charge < -0.3 is 13.3 Å². The third-order valence-electron chi connectivity index (χ3n) is 4.84. The molecule has 0 aliphatic rings. The van der Waals surface area contributed by atoms with Crippen LogP contribution in [-0.4, -0.2) is 64.5 Å². The summed E-state index contributed by atoms with van der Waals surface area (Å²) in [7, 11) is -13.4. The van der Waals surface area contributed by atoms with Crippen LogP contribution in [0.2, 0.25) is 0 Å². The van der Waals surface area contributed by atoms with Crippen LogP contribution >= 0.6 is 0 Å². The van der Waals surface area contributed by atoms with Crippen LogP contribution in [0.3, 0.4) is 0 Å². The first-order chi connectivity index (χ1) is 16.2. The second kappa shape index (κ2) is 13.4. The molecule has 0 amide bonds. The van der Waals surface area contributed by atoms with E-state index in [4.69, 9.17) is 4.74 Å². The van der Waals surface area contributed by atoms with E-state index >= 15 is 0 Å². The molecule has 0 saturated carbocycles. The van der Waals surface area contributed by atoms with Gasteiger partial charge in [0.25, 0.3) is 0 Å². The van der Waals surface area contributed by atoms with Crippen molar-refractivity contribution in [1.82, 2.24) is 0 Å². The molecule has 0 aliphatic heterocycles. The SMILES string of the molecule is C=C(C)C(=O)OCCC[N+](CC)(CC)Cc1ccccc1.O=S(=O)([N-]S(=O)(=O)C(F)(F)F)C(F)(F)F. The van der Waals surface area contributed by atoms with Gasteiger partial charge in [0.2, 0.25) is 0 Å². The van der Waals surface area contributed by atoms with Crippen molar-refractivity contribution in [1.29, 1.82) is 0 Å². The number of rotatable bonds is 11. The fourth-order valence-electron chi connectivity index (χ4n) is 2.71. The highest BCUT2D eigenvalue weighted by Gasteiger charge is 2.46. The lowest BCUT2D eigenvalue weighted by molar-refractivity contribution is -0.938. The van der Waals surface area contributed by atoms with Gasteiger partial charge >= 0.3 is 17.0 Å². The maximum absolute atomic E-state index is 11.4. The van der Waals surface area contributed by atoms with Crippen molar-refractivity contribution in [3.05, 3.63) is 52.2 Å². The molecule has 1 aromatic carbocycles. The van der Waals surface area contributed by atoms with E-state index in [1.54, 1.807) is 6.92 Å². The first-order valence-electron chi connectivity index (χ1n) is 10.3. The Morgan fingerprint density at radius 2 is 1.39 bits per heavy atom. The molecular weight excluding hydrogens is 542 g/mol. The van der Waals surface area contributed by atoms with Crippen LogP contribution in [0.4, 0.5) is 26.3 Å². The zero-order chi connectivity index (χ0) is 28.4. The lowest BCUT2D eigenvalue weighted by Crippen LogP contribution is -2.47. The molecule has 0 aromatic heterocycles. The number of esters is 1. The number of hydrogen-bond acceptors (Lipinski definition) is 6. The van der Waals surface area contributed by atoms with Crippen molar-refractivity contribution in [2.75, 3.05) is 26.2 Å². The van der Waals surface area contributed by atoms with Crippen LogP contribution in [0.15, 0.2) is 42.5 Å². The normalized spacial score (nSPS) is 12.9. The summed E-state index contributed by atoms with van der Waals surface area (Å²) >= 11 is 0. The Bertz CT molecular complexity index is 1030. The summed E-state index contributed by atoms with van der Waals surface area (Å²) in [6, 6.07) is 10.6. The van der Waals surface area contributed by atoms with E-state index in [9.17, 15) is 48.0 Å². The lowest BCUT2D eigenvalue weighted by atomic mass is 10.1. The van der Waals surface area contributed by atoms with Crippen LogP contribution in [0, 0.1) is 0 Å². The third kappa shape index (κ3) is 10.8. The van der Waals surface area contributed by atoms with Gasteiger partial charge in [-0.25, -0.2) is 21.6 Å². The summed E-state index contributed by atoms with van der Waals surface area (Å²) in [6.45, 7) is 14.4. The molecule has 0 unspecified atom stereocenters. The standard InChI is InChI=1S/C18H28NO2.C2F6NO4S2/c1-5-19(6-2,15-17-11-8-7-9-12-17)13-10-14-21-18(20)16(3)4;3-1(4,5)14(10,11)9-15(12,13)2(6,7)8/h7-9,11-12H,3,5-6,10,13-15H2,1-2,4H3;/q+1;-1. The van der Waals surface area contributed by atoms with Gasteiger partial charge in [-0.2, -0.15) is 26.3 Å². The molecular formula is C20H28F6N2O6S2. The second-order valence-electron chi connectivity index (χ2n) is 7.53. The number of carbonyl (C=O) groups excluding carboxylic acids is 1. The summed E-state index contributed by atoms with van der Waals surface area (Å²) < 4.78 is 115. The Kier molecular flexibility index (Phi) is 12.6. The number of benzene rings is 1. The molecule has 1 rings (SSSR count). The van der Waals surface area contributed by atoms with E-state index in [0.717, 1.165) is 41.2 Å². The van der Waals surface area contributed by atoms with Gasteiger partial charge in [0.1, 0.15) is 6.54 Å². The fourth-order valence-corrected chi connectivity index (χ4v) is 4.42. The first-order valence-corrected chi connectivity index (χ1v) is 13.2. The molecule has 1 aromatic rings. The maximum atomic E-state index is 11.4. The molecule has 0 saturated heterocycles. The molecule has 0 atom stereocenters. The van der Waals surface area contributed by atoms with Gasteiger partial charge in [0.05, 0.1) is 26.2 Å². The zero-order valence-corrected chi connectivity index (χ0v) is 21.4. The summed E-state index contributed by atoms with van der Waals surface area (Å²) in [5.74, 6) is -0.288. The Morgan fingerprint density at radius 1 is 0.944 bits per heavy atom. The Labute approximate surface area is 206 Å². The minimum atomic E-state index is -6.72. The third-order valence-corrected chi connectivity index (χ3v) is 7.58. The second-order valence-corrected chi connectivity index (χ2v) is 10.9.